The molecule has 1 amide bonds. The fourth-order valence-electron chi connectivity index (χ4n) is 2.50. The van der Waals surface area contributed by atoms with E-state index in [1.807, 2.05) is 17.5 Å². The average Bonchev–Trinajstić information content (AvgIpc) is 3.22. The zero-order valence-electron chi connectivity index (χ0n) is 15.5. The average molecular weight is 431 g/mol. The van der Waals surface area contributed by atoms with Crippen molar-refractivity contribution in [3.05, 3.63) is 68.8 Å². The zero-order valence-corrected chi connectivity index (χ0v) is 17.2. The first-order chi connectivity index (χ1) is 14.1. The molecule has 10 heteroatoms. The smallest absolute Gasteiger partial charge is 0.311 e. The van der Waals surface area contributed by atoms with Crippen molar-refractivity contribution in [3.63, 3.8) is 0 Å². The van der Waals surface area contributed by atoms with Gasteiger partial charge in [-0.05, 0) is 23.8 Å². The lowest BCUT2D eigenvalue weighted by Crippen LogP contribution is -2.24. The SMILES string of the molecule is COc1ccc(CSCC(=O)NCc2nc(-c3ccncc3)cs2)cc1[N+](=O)[O-]. The molecule has 0 spiro atoms. The molecule has 29 heavy (non-hydrogen) atoms. The summed E-state index contributed by atoms with van der Waals surface area (Å²) in [7, 11) is 1.39. The number of nitrogens with one attached hydrogen (secondary N) is 1. The number of thioether (sulfide) groups is 1. The van der Waals surface area contributed by atoms with Crippen LogP contribution in [-0.4, -0.2) is 33.7 Å². The summed E-state index contributed by atoms with van der Waals surface area (Å²) in [5.41, 5.74) is 2.52. The van der Waals surface area contributed by atoms with E-state index in [-0.39, 0.29) is 23.1 Å². The van der Waals surface area contributed by atoms with Crippen LogP contribution in [0.25, 0.3) is 11.3 Å². The molecule has 3 aromatic rings. The number of methoxy groups -OCH3 is 1. The molecular weight excluding hydrogens is 412 g/mol. The summed E-state index contributed by atoms with van der Waals surface area (Å²) in [6, 6.07) is 8.57. The molecule has 0 fully saturated rings. The molecule has 2 aromatic heterocycles. The first-order valence-electron chi connectivity index (χ1n) is 8.57. The maximum Gasteiger partial charge on any atom is 0.311 e. The van der Waals surface area contributed by atoms with Crippen LogP contribution in [-0.2, 0) is 17.1 Å². The van der Waals surface area contributed by atoms with Crippen LogP contribution in [0.15, 0.2) is 48.1 Å². The molecule has 3 rings (SSSR count). The molecule has 0 aliphatic carbocycles. The number of nitro groups is 1. The minimum absolute atomic E-state index is 0.0798. The molecule has 0 radical (unpaired) electrons. The Morgan fingerprint density at radius 2 is 2.10 bits per heavy atom. The van der Waals surface area contributed by atoms with Gasteiger partial charge in [0.05, 0.1) is 30.0 Å². The molecule has 0 unspecified atom stereocenters. The Labute approximate surface area is 175 Å². The lowest BCUT2D eigenvalue weighted by Gasteiger charge is -2.06. The Morgan fingerprint density at radius 3 is 2.83 bits per heavy atom. The van der Waals surface area contributed by atoms with E-state index < -0.39 is 4.92 Å². The summed E-state index contributed by atoms with van der Waals surface area (Å²) in [4.78, 5) is 31.2. The summed E-state index contributed by atoms with van der Waals surface area (Å²) in [6.45, 7) is 0.364. The monoisotopic (exact) mass is 430 g/mol. The van der Waals surface area contributed by atoms with Crippen LogP contribution < -0.4 is 10.1 Å². The van der Waals surface area contributed by atoms with Crippen LogP contribution in [0.5, 0.6) is 5.75 Å². The largest absolute Gasteiger partial charge is 0.490 e. The number of amides is 1. The van der Waals surface area contributed by atoms with Crippen molar-refractivity contribution in [1.29, 1.82) is 0 Å². The van der Waals surface area contributed by atoms with Crippen molar-refractivity contribution in [3.8, 4) is 17.0 Å². The van der Waals surface area contributed by atoms with E-state index in [0.29, 0.717) is 12.3 Å². The maximum atomic E-state index is 12.1. The van der Waals surface area contributed by atoms with Gasteiger partial charge in [0.1, 0.15) is 5.01 Å². The molecule has 0 saturated carbocycles. The number of benzene rings is 1. The van der Waals surface area contributed by atoms with Gasteiger partial charge in [0.2, 0.25) is 5.91 Å². The van der Waals surface area contributed by atoms with Gasteiger partial charge in [0, 0.05) is 35.2 Å². The highest BCUT2D eigenvalue weighted by atomic mass is 32.2. The summed E-state index contributed by atoms with van der Waals surface area (Å²) in [5, 5.41) is 16.7. The predicted molar refractivity (Wildman–Crippen MR) is 113 cm³/mol. The van der Waals surface area contributed by atoms with Crippen LogP contribution in [0.4, 0.5) is 5.69 Å². The van der Waals surface area contributed by atoms with Crippen molar-refractivity contribution >= 4 is 34.7 Å². The van der Waals surface area contributed by atoms with Crippen LogP contribution in [0.1, 0.15) is 10.6 Å². The number of thiazole rings is 1. The summed E-state index contributed by atoms with van der Waals surface area (Å²) in [5.74, 6) is 0.846. The highest BCUT2D eigenvalue weighted by Gasteiger charge is 2.15. The van der Waals surface area contributed by atoms with Crippen LogP contribution in [0, 0.1) is 10.1 Å². The van der Waals surface area contributed by atoms with Gasteiger partial charge in [-0.3, -0.25) is 19.9 Å². The Hall–Kier alpha value is -2.98. The van der Waals surface area contributed by atoms with Crippen LogP contribution >= 0.6 is 23.1 Å². The quantitative estimate of drug-likeness (QED) is 0.408. The standard InChI is InChI=1S/C19H18N4O4S2/c1-27-17-3-2-13(8-16(17)23(25)26)10-28-12-18(24)21-9-19-22-15(11-29-19)14-4-6-20-7-5-14/h2-8,11H,9-10,12H2,1H3,(H,21,24). The molecule has 8 nitrogen and oxygen atoms in total. The van der Waals surface area contributed by atoms with Gasteiger partial charge in [-0.15, -0.1) is 23.1 Å². The lowest BCUT2D eigenvalue weighted by molar-refractivity contribution is -0.385. The zero-order chi connectivity index (χ0) is 20.6. The van der Waals surface area contributed by atoms with Gasteiger partial charge in [0.25, 0.3) is 0 Å². The molecule has 0 aliphatic rings. The second kappa shape index (κ2) is 9.99. The van der Waals surface area contributed by atoms with Crippen LogP contribution in [0.2, 0.25) is 0 Å². The van der Waals surface area contributed by atoms with Gasteiger partial charge in [-0.25, -0.2) is 4.98 Å². The van der Waals surface area contributed by atoms with Crippen LogP contribution in [0.3, 0.4) is 0 Å². The van der Waals surface area contributed by atoms with Gasteiger partial charge in [-0.2, -0.15) is 0 Å². The van der Waals surface area contributed by atoms with Crippen molar-refractivity contribution in [2.24, 2.45) is 0 Å². The Balaban J connectivity index is 1.46. The molecule has 150 valence electrons. The minimum atomic E-state index is -0.478. The summed E-state index contributed by atoms with van der Waals surface area (Å²) < 4.78 is 4.99. The molecule has 2 heterocycles. The van der Waals surface area contributed by atoms with E-state index in [2.05, 4.69) is 15.3 Å². The number of carbonyl (C=O) groups is 1. The first-order valence-corrected chi connectivity index (χ1v) is 10.6. The molecule has 0 saturated heterocycles. The normalized spacial score (nSPS) is 10.5. The highest BCUT2D eigenvalue weighted by Crippen LogP contribution is 2.29. The number of nitro benzene ring substituents is 1. The first kappa shape index (κ1) is 20.7. The van der Waals surface area contributed by atoms with Crippen molar-refractivity contribution in [2.75, 3.05) is 12.9 Å². The fourth-order valence-corrected chi connectivity index (χ4v) is 4.05. The topological polar surface area (TPSA) is 107 Å². The third-order valence-corrected chi connectivity index (χ3v) is 5.76. The van der Waals surface area contributed by atoms with Crippen molar-refractivity contribution < 1.29 is 14.5 Å². The third kappa shape index (κ3) is 5.75. The Morgan fingerprint density at radius 1 is 1.31 bits per heavy atom. The number of hydrogen-bond acceptors (Lipinski definition) is 8. The molecule has 1 N–H and O–H groups in total. The van der Waals surface area contributed by atoms with E-state index in [1.54, 1.807) is 24.5 Å². The molecule has 0 bridgehead atoms. The highest BCUT2D eigenvalue weighted by molar-refractivity contribution is 7.99. The van der Waals surface area contributed by atoms with Gasteiger partial charge < -0.3 is 10.1 Å². The van der Waals surface area contributed by atoms with Gasteiger partial charge in [-0.1, -0.05) is 6.07 Å². The van der Waals surface area contributed by atoms with Crippen molar-refractivity contribution in [2.45, 2.75) is 12.3 Å². The molecule has 0 atom stereocenters. The van der Waals surface area contributed by atoms with Gasteiger partial charge in [0.15, 0.2) is 5.75 Å². The number of carbonyl (C=O) groups excluding carboxylic acids is 1. The van der Waals surface area contributed by atoms with E-state index in [9.17, 15) is 14.9 Å². The number of pyridine rings is 1. The number of hydrogen-bond donors (Lipinski definition) is 1. The third-order valence-electron chi connectivity index (χ3n) is 3.91. The van der Waals surface area contributed by atoms with E-state index in [1.165, 1.54) is 36.3 Å². The number of rotatable bonds is 9. The second-order valence-corrected chi connectivity index (χ2v) is 7.82. The summed E-state index contributed by atoms with van der Waals surface area (Å²) in [6.07, 6.45) is 3.43. The molecular formula is C19H18N4O4S2. The second-order valence-electron chi connectivity index (χ2n) is 5.90. The minimum Gasteiger partial charge on any atom is -0.490 e. The molecule has 1 aromatic carbocycles. The summed E-state index contributed by atoms with van der Waals surface area (Å²) >= 11 is 2.87. The lowest BCUT2D eigenvalue weighted by atomic mass is 10.2. The number of nitrogens with zero attached hydrogens (tertiary/aromatic N) is 3. The number of aromatic nitrogens is 2. The van der Waals surface area contributed by atoms with E-state index in [0.717, 1.165) is 21.8 Å². The van der Waals surface area contributed by atoms with Gasteiger partial charge >= 0.3 is 5.69 Å². The fraction of sp³-hybridized carbons (Fsp3) is 0.211. The maximum absolute atomic E-state index is 12.1. The van der Waals surface area contributed by atoms with E-state index >= 15 is 0 Å². The Bertz CT molecular complexity index is 995. The number of ether oxygens (including phenoxy) is 1. The predicted octanol–water partition coefficient (Wildman–Crippen LogP) is 3.67. The molecule has 0 aliphatic heterocycles. The Kier molecular flexibility index (Phi) is 7.14. The van der Waals surface area contributed by atoms with Crippen molar-refractivity contribution in [1.82, 2.24) is 15.3 Å². The van der Waals surface area contributed by atoms with E-state index in [4.69, 9.17) is 4.74 Å².